The average molecular weight is 478 g/mol. The van der Waals surface area contributed by atoms with Gasteiger partial charge in [-0.2, -0.15) is 0 Å². The molecule has 0 radical (unpaired) electrons. The van der Waals surface area contributed by atoms with Crippen molar-refractivity contribution in [3.63, 3.8) is 0 Å². The number of ether oxygens (including phenoxy) is 1. The number of nitrogens with zero attached hydrogens (tertiary/aromatic N) is 2. The maximum Gasteiger partial charge on any atom is 0.225 e. The summed E-state index contributed by atoms with van der Waals surface area (Å²) >= 11 is 0. The number of hydrogen-bond donors (Lipinski definition) is 1. The molecule has 1 heterocycles. The van der Waals surface area contributed by atoms with Crippen LogP contribution < -0.4 is 10.1 Å². The zero-order valence-corrected chi connectivity index (χ0v) is 22.3. The molecule has 0 aliphatic heterocycles. The van der Waals surface area contributed by atoms with Crippen LogP contribution in [0.5, 0.6) is 5.75 Å². The molecule has 3 aromatic rings. The van der Waals surface area contributed by atoms with E-state index in [2.05, 4.69) is 72.3 Å². The molecule has 2 aromatic carbocycles. The van der Waals surface area contributed by atoms with Crippen LogP contribution >= 0.6 is 0 Å². The number of para-hydroxylation sites is 2. The highest BCUT2D eigenvalue weighted by molar-refractivity contribution is 5.81. The van der Waals surface area contributed by atoms with Crippen LogP contribution in [0.15, 0.2) is 48.5 Å². The lowest BCUT2D eigenvalue weighted by Gasteiger charge is -2.17. The van der Waals surface area contributed by atoms with E-state index >= 15 is 0 Å². The number of hydrogen-bond acceptors (Lipinski definition) is 3. The Labute approximate surface area is 211 Å². The quantitative estimate of drug-likeness (QED) is 0.273. The van der Waals surface area contributed by atoms with Gasteiger partial charge in [-0.1, -0.05) is 65.3 Å². The van der Waals surface area contributed by atoms with E-state index in [9.17, 15) is 4.79 Å². The van der Waals surface area contributed by atoms with Gasteiger partial charge in [-0.25, -0.2) is 4.98 Å². The lowest BCUT2D eigenvalue weighted by atomic mass is 9.96. The van der Waals surface area contributed by atoms with Gasteiger partial charge in [0.1, 0.15) is 11.6 Å². The number of carbonyl (C=O) groups excluding carboxylic acids is 1. The van der Waals surface area contributed by atoms with Gasteiger partial charge in [-0.3, -0.25) is 4.79 Å². The Hall–Kier alpha value is -2.82. The Morgan fingerprint density at radius 2 is 1.71 bits per heavy atom. The van der Waals surface area contributed by atoms with E-state index < -0.39 is 0 Å². The highest BCUT2D eigenvalue weighted by Gasteiger charge is 2.20. The van der Waals surface area contributed by atoms with Crippen LogP contribution in [0.3, 0.4) is 0 Å². The molecule has 0 spiro atoms. The first-order valence-corrected chi connectivity index (χ1v) is 13.2. The van der Waals surface area contributed by atoms with Crippen molar-refractivity contribution in [2.75, 3.05) is 13.2 Å². The number of amides is 1. The topological polar surface area (TPSA) is 56.1 Å². The third-order valence-corrected chi connectivity index (χ3v) is 6.37. The molecule has 1 aromatic heterocycles. The number of aryl methyl sites for hydroxylation is 2. The first-order chi connectivity index (χ1) is 16.8. The Kier molecular flexibility index (Phi) is 9.76. The Morgan fingerprint density at radius 3 is 2.43 bits per heavy atom. The molecule has 1 amide bonds. The molecule has 3 rings (SSSR count). The normalized spacial score (nSPS) is 11.8. The number of rotatable bonds is 13. The molecule has 0 aliphatic rings. The van der Waals surface area contributed by atoms with Gasteiger partial charge in [0.15, 0.2) is 0 Å². The van der Waals surface area contributed by atoms with Crippen LogP contribution in [-0.4, -0.2) is 28.6 Å². The lowest BCUT2D eigenvalue weighted by molar-refractivity contribution is -0.128. The largest absolute Gasteiger partial charge is 0.494 e. The van der Waals surface area contributed by atoms with Crippen molar-refractivity contribution in [3.8, 4) is 5.75 Å². The summed E-state index contributed by atoms with van der Waals surface area (Å²) in [5.41, 5.74) is 3.30. The number of carbonyl (C=O) groups is 1. The van der Waals surface area contributed by atoms with Crippen LogP contribution in [-0.2, 0) is 17.8 Å². The van der Waals surface area contributed by atoms with E-state index in [1.807, 2.05) is 20.8 Å². The maximum absolute atomic E-state index is 12.0. The van der Waals surface area contributed by atoms with Gasteiger partial charge in [0, 0.05) is 24.9 Å². The van der Waals surface area contributed by atoms with Gasteiger partial charge in [-0.05, 0) is 61.4 Å². The van der Waals surface area contributed by atoms with Crippen molar-refractivity contribution in [2.24, 2.45) is 5.41 Å². The molecule has 0 atom stereocenters. The Morgan fingerprint density at radius 1 is 0.971 bits per heavy atom. The molecular formula is C30H43N3O2. The SMILES string of the molecule is CC(C)c1ccc(OCCCCn2c(CCCCCNC(=O)C(C)(C)C)nc3ccccc32)cc1. The molecule has 0 unspecified atom stereocenters. The average Bonchev–Trinajstić information content (AvgIpc) is 3.18. The van der Waals surface area contributed by atoms with Crippen molar-refractivity contribution in [1.82, 2.24) is 14.9 Å². The molecule has 0 saturated carbocycles. The predicted molar refractivity (Wildman–Crippen MR) is 145 cm³/mol. The molecule has 0 bridgehead atoms. The van der Waals surface area contributed by atoms with Gasteiger partial charge >= 0.3 is 0 Å². The Balaban J connectivity index is 1.45. The van der Waals surface area contributed by atoms with E-state index in [1.165, 1.54) is 11.1 Å². The summed E-state index contributed by atoms with van der Waals surface area (Å²) in [7, 11) is 0. The first kappa shape index (κ1) is 26.8. The monoisotopic (exact) mass is 477 g/mol. The number of imidazole rings is 1. The van der Waals surface area contributed by atoms with Crippen LogP contribution in [0.2, 0.25) is 0 Å². The number of aromatic nitrogens is 2. The highest BCUT2D eigenvalue weighted by atomic mass is 16.5. The van der Waals surface area contributed by atoms with Crippen molar-refractivity contribution >= 4 is 16.9 Å². The second-order valence-corrected chi connectivity index (χ2v) is 10.8. The van der Waals surface area contributed by atoms with E-state index in [-0.39, 0.29) is 11.3 Å². The zero-order valence-electron chi connectivity index (χ0n) is 22.3. The lowest BCUT2D eigenvalue weighted by Crippen LogP contribution is -2.35. The second-order valence-electron chi connectivity index (χ2n) is 10.8. The smallest absolute Gasteiger partial charge is 0.225 e. The van der Waals surface area contributed by atoms with Crippen molar-refractivity contribution < 1.29 is 9.53 Å². The molecule has 0 fully saturated rings. The van der Waals surface area contributed by atoms with Crippen molar-refractivity contribution in [2.45, 2.75) is 85.6 Å². The number of fused-ring (bicyclic) bond motifs is 1. The minimum atomic E-state index is -0.325. The van der Waals surface area contributed by atoms with Crippen molar-refractivity contribution in [1.29, 1.82) is 0 Å². The van der Waals surface area contributed by atoms with Crippen LogP contribution in [0.25, 0.3) is 11.0 Å². The van der Waals surface area contributed by atoms with Gasteiger partial charge < -0.3 is 14.6 Å². The second kappa shape index (κ2) is 12.8. The minimum absolute atomic E-state index is 0.121. The van der Waals surface area contributed by atoms with Crippen LogP contribution in [0.1, 0.15) is 84.0 Å². The molecule has 190 valence electrons. The van der Waals surface area contributed by atoms with Crippen LogP contribution in [0, 0.1) is 5.41 Å². The Bertz CT molecular complexity index is 1060. The number of nitrogens with one attached hydrogen (secondary N) is 1. The molecule has 0 aliphatic carbocycles. The fourth-order valence-corrected chi connectivity index (χ4v) is 4.13. The van der Waals surface area contributed by atoms with Crippen molar-refractivity contribution in [3.05, 3.63) is 59.9 Å². The summed E-state index contributed by atoms with van der Waals surface area (Å²) in [6.07, 6.45) is 6.17. The molecule has 1 N–H and O–H groups in total. The molecule has 35 heavy (non-hydrogen) atoms. The summed E-state index contributed by atoms with van der Waals surface area (Å²) < 4.78 is 8.35. The summed E-state index contributed by atoms with van der Waals surface area (Å²) in [5, 5.41) is 3.04. The van der Waals surface area contributed by atoms with Gasteiger partial charge in [0.25, 0.3) is 0 Å². The summed E-state index contributed by atoms with van der Waals surface area (Å²) in [5.74, 6) is 2.77. The first-order valence-electron chi connectivity index (χ1n) is 13.2. The predicted octanol–water partition coefficient (Wildman–Crippen LogP) is 6.89. The molecule has 5 heteroatoms. The minimum Gasteiger partial charge on any atom is -0.494 e. The van der Waals surface area contributed by atoms with E-state index in [0.29, 0.717) is 5.92 Å². The van der Waals surface area contributed by atoms with E-state index in [1.54, 1.807) is 0 Å². The molecular weight excluding hydrogens is 434 g/mol. The highest BCUT2D eigenvalue weighted by Crippen LogP contribution is 2.21. The number of unbranched alkanes of at least 4 members (excludes halogenated alkanes) is 3. The fraction of sp³-hybridized carbons (Fsp3) is 0.533. The van der Waals surface area contributed by atoms with E-state index in [0.717, 1.165) is 75.3 Å². The van der Waals surface area contributed by atoms with Gasteiger partial charge in [0.2, 0.25) is 5.91 Å². The fourth-order valence-electron chi connectivity index (χ4n) is 4.13. The zero-order chi connectivity index (χ0) is 25.3. The molecule has 0 saturated heterocycles. The molecule has 5 nitrogen and oxygen atoms in total. The van der Waals surface area contributed by atoms with Gasteiger partial charge in [0.05, 0.1) is 17.6 Å². The van der Waals surface area contributed by atoms with E-state index in [4.69, 9.17) is 9.72 Å². The summed E-state index contributed by atoms with van der Waals surface area (Å²) in [4.78, 5) is 16.9. The number of benzene rings is 2. The van der Waals surface area contributed by atoms with Crippen LogP contribution in [0.4, 0.5) is 0 Å². The van der Waals surface area contributed by atoms with Gasteiger partial charge in [-0.15, -0.1) is 0 Å². The standard InChI is InChI=1S/C30H43N3O2/c1-23(2)24-16-18-25(19-17-24)35-22-12-11-21-33-27-14-9-8-13-26(27)32-28(33)15-7-6-10-20-31-29(34)30(3,4)5/h8-9,13-14,16-19,23H,6-7,10-12,15,20-22H2,1-5H3,(H,31,34). The summed E-state index contributed by atoms with van der Waals surface area (Å²) in [6, 6.07) is 16.9. The summed E-state index contributed by atoms with van der Waals surface area (Å²) in [6.45, 7) is 12.7. The third-order valence-electron chi connectivity index (χ3n) is 6.37. The third kappa shape index (κ3) is 8.12. The maximum atomic E-state index is 12.0.